The van der Waals surface area contributed by atoms with Crippen LogP contribution < -0.4 is 0 Å². The summed E-state index contributed by atoms with van der Waals surface area (Å²) in [6.07, 6.45) is 8.31. The zero-order valence-electron chi connectivity index (χ0n) is 10.3. The maximum atomic E-state index is 5.12. The molecular formula is C13H19N3S. The Morgan fingerprint density at radius 3 is 2.41 bits per heavy atom. The third-order valence-corrected chi connectivity index (χ3v) is 5.55. The van der Waals surface area contributed by atoms with E-state index in [1.165, 1.54) is 38.5 Å². The summed E-state index contributed by atoms with van der Waals surface area (Å²) >= 11 is 5.12. The van der Waals surface area contributed by atoms with Crippen molar-refractivity contribution < 1.29 is 0 Å². The molecule has 0 amide bonds. The number of hydrogen-bond acceptors (Lipinski definition) is 2. The fraction of sp³-hybridized carbons (Fsp3) is 0.846. The Kier molecular flexibility index (Phi) is 1.83. The quantitative estimate of drug-likeness (QED) is 0.750. The molecule has 2 atom stereocenters. The van der Waals surface area contributed by atoms with E-state index in [4.69, 9.17) is 12.2 Å². The van der Waals surface area contributed by atoms with E-state index in [1.54, 1.807) is 0 Å². The van der Waals surface area contributed by atoms with Gasteiger partial charge in [0.05, 0.1) is 0 Å². The number of rotatable bonds is 1. The topological polar surface area (TPSA) is 44.5 Å². The average molecular weight is 249 g/mol. The van der Waals surface area contributed by atoms with Gasteiger partial charge in [0, 0.05) is 5.41 Å². The third kappa shape index (κ3) is 1.39. The summed E-state index contributed by atoms with van der Waals surface area (Å²) in [5.41, 5.74) is 0.880. The van der Waals surface area contributed by atoms with Gasteiger partial charge in [0.25, 0.3) is 0 Å². The van der Waals surface area contributed by atoms with Crippen LogP contribution in [0.2, 0.25) is 0 Å². The third-order valence-electron chi connectivity index (χ3n) is 5.36. The van der Waals surface area contributed by atoms with Crippen molar-refractivity contribution in [3.8, 4) is 0 Å². The molecule has 1 aromatic heterocycles. The second-order valence-electron chi connectivity index (χ2n) is 7.07. The lowest BCUT2D eigenvalue weighted by Crippen LogP contribution is -2.53. The lowest BCUT2D eigenvalue weighted by atomic mass is 9.44. The Labute approximate surface area is 106 Å². The highest BCUT2D eigenvalue weighted by Gasteiger charge is 2.57. The van der Waals surface area contributed by atoms with Gasteiger partial charge in [-0.2, -0.15) is 0 Å². The summed E-state index contributed by atoms with van der Waals surface area (Å²) < 4.78 is 0.612. The molecule has 5 rings (SSSR count). The van der Waals surface area contributed by atoms with Crippen LogP contribution in [0.4, 0.5) is 0 Å². The summed E-state index contributed by atoms with van der Waals surface area (Å²) in [5.74, 6) is 3.00. The first-order valence-corrected chi connectivity index (χ1v) is 7.13. The lowest BCUT2D eigenvalue weighted by molar-refractivity contribution is -0.0647. The van der Waals surface area contributed by atoms with Crippen molar-refractivity contribution in [2.75, 3.05) is 0 Å². The second-order valence-corrected chi connectivity index (χ2v) is 7.45. The molecule has 0 spiro atoms. The van der Waals surface area contributed by atoms with Gasteiger partial charge in [-0.25, -0.2) is 4.98 Å². The molecule has 0 saturated heterocycles. The standard InChI is InChI=1S/C13H19N3S/c1-12-3-8-2-9(4-12)6-13(5-8,7-12)10-14-11(17)16-15-10/h8-9H,2-7H2,1H3,(H2,14,15,16,17). The summed E-state index contributed by atoms with van der Waals surface area (Å²) in [6.45, 7) is 2.49. The Balaban J connectivity index is 1.81. The highest BCUT2D eigenvalue weighted by atomic mass is 32.1. The van der Waals surface area contributed by atoms with E-state index in [0.717, 1.165) is 17.7 Å². The van der Waals surface area contributed by atoms with Crippen molar-refractivity contribution in [3.05, 3.63) is 10.6 Å². The van der Waals surface area contributed by atoms with E-state index in [-0.39, 0.29) is 0 Å². The van der Waals surface area contributed by atoms with Gasteiger partial charge >= 0.3 is 0 Å². The van der Waals surface area contributed by atoms with Gasteiger partial charge in [-0.1, -0.05) is 6.92 Å². The van der Waals surface area contributed by atoms with Crippen LogP contribution >= 0.6 is 12.2 Å². The largest absolute Gasteiger partial charge is 0.285 e. The second kappa shape index (κ2) is 3.02. The van der Waals surface area contributed by atoms with Crippen LogP contribution in [-0.2, 0) is 5.41 Å². The number of H-pyrrole nitrogens is 2. The molecule has 4 saturated carbocycles. The van der Waals surface area contributed by atoms with E-state index in [1.807, 2.05) is 0 Å². The number of hydrogen-bond donors (Lipinski definition) is 2. The zero-order chi connectivity index (χ0) is 11.7. The van der Waals surface area contributed by atoms with Crippen molar-refractivity contribution in [3.63, 3.8) is 0 Å². The van der Waals surface area contributed by atoms with Crippen molar-refractivity contribution in [2.45, 2.75) is 50.9 Å². The minimum atomic E-state index is 0.312. The lowest BCUT2D eigenvalue weighted by Gasteiger charge is -2.60. The van der Waals surface area contributed by atoms with Crippen LogP contribution in [0.5, 0.6) is 0 Å². The Hall–Kier alpha value is -0.640. The van der Waals surface area contributed by atoms with Crippen LogP contribution in [-0.4, -0.2) is 15.2 Å². The highest BCUT2D eigenvalue weighted by molar-refractivity contribution is 7.71. The average Bonchev–Trinajstić information content (AvgIpc) is 2.61. The van der Waals surface area contributed by atoms with Crippen molar-refractivity contribution >= 4 is 12.2 Å². The summed E-state index contributed by atoms with van der Waals surface area (Å²) in [4.78, 5) is 4.54. The number of nitrogens with zero attached hydrogens (tertiary/aromatic N) is 1. The van der Waals surface area contributed by atoms with Crippen LogP contribution in [0.25, 0.3) is 0 Å². The maximum Gasteiger partial charge on any atom is 0.213 e. The van der Waals surface area contributed by atoms with E-state index < -0.39 is 0 Å². The van der Waals surface area contributed by atoms with Gasteiger partial charge in [0.15, 0.2) is 0 Å². The molecule has 3 nitrogen and oxygen atoms in total. The van der Waals surface area contributed by atoms with E-state index >= 15 is 0 Å². The first-order chi connectivity index (χ1) is 8.07. The van der Waals surface area contributed by atoms with Crippen LogP contribution in [0, 0.1) is 22.0 Å². The molecule has 2 unspecified atom stereocenters. The number of nitrogens with one attached hydrogen (secondary N) is 2. The molecule has 4 bridgehead atoms. The van der Waals surface area contributed by atoms with Gasteiger partial charge in [-0.3, -0.25) is 10.2 Å². The number of aromatic amines is 2. The van der Waals surface area contributed by atoms with Crippen molar-refractivity contribution in [1.82, 2.24) is 15.2 Å². The fourth-order valence-corrected chi connectivity index (χ4v) is 5.66. The first kappa shape index (κ1) is 10.3. The minimum absolute atomic E-state index is 0.312. The zero-order valence-corrected chi connectivity index (χ0v) is 11.1. The minimum Gasteiger partial charge on any atom is -0.285 e. The maximum absolute atomic E-state index is 5.12. The Morgan fingerprint density at radius 1 is 1.18 bits per heavy atom. The SMILES string of the molecule is CC12CC3CC(C1)CC(c1nc(=S)[nH][nH]1)(C3)C2. The van der Waals surface area contributed by atoms with E-state index in [9.17, 15) is 0 Å². The Morgan fingerprint density at radius 2 is 1.88 bits per heavy atom. The molecule has 17 heavy (non-hydrogen) atoms. The fourth-order valence-electron chi connectivity index (χ4n) is 5.52. The molecule has 1 aromatic rings. The molecule has 0 radical (unpaired) electrons. The van der Waals surface area contributed by atoms with Gasteiger partial charge in [0.2, 0.25) is 4.77 Å². The highest BCUT2D eigenvalue weighted by Crippen LogP contribution is 2.64. The summed E-state index contributed by atoms with van der Waals surface area (Å²) in [7, 11) is 0. The van der Waals surface area contributed by atoms with E-state index in [0.29, 0.717) is 15.6 Å². The molecule has 4 aliphatic rings. The molecular weight excluding hydrogens is 230 g/mol. The van der Waals surface area contributed by atoms with Gasteiger partial charge in [-0.15, -0.1) is 0 Å². The van der Waals surface area contributed by atoms with Crippen molar-refractivity contribution in [2.24, 2.45) is 17.3 Å². The van der Waals surface area contributed by atoms with Crippen molar-refractivity contribution in [1.29, 1.82) is 0 Å². The van der Waals surface area contributed by atoms with Gasteiger partial charge in [0.1, 0.15) is 5.82 Å². The molecule has 2 N–H and O–H groups in total. The van der Waals surface area contributed by atoms with Crippen LogP contribution in [0.1, 0.15) is 51.3 Å². The summed E-state index contributed by atoms with van der Waals surface area (Å²) in [6, 6.07) is 0. The predicted molar refractivity (Wildman–Crippen MR) is 68.2 cm³/mol. The molecule has 1 heterocycles. The number of aromatic nitrogens is 3. The predicted octanol–water partition coefficient (Wildman–Crippen LogP) is 3.33. The molecule has 92 valence electrons. The first-order valence-electron chi connectivity index (χ1n) is 6.72. The smallest absolute Gasteiger partial charge is 0.213 e. The molecule has 0 aromatic carbocycles. The molecule has 4 aliphatic carbocycles. The normalized spacial score (nSPS) is 47.6. The monoisotopic (exact) mass is 249 g/mol. The molecule has 4 fully saturated rings. The van der Waals surface area contributed by atoms with E-state index in [2.05, 4.69) is 22.1 Å². The van der Waals surface area contributed by atoms with Crippen LogP contribution in [0.3, 0.4) is 0 Å². The van der Waals surface area contributed by atoms with Gasteiger partial charge < -0.3 is 0 Å². The molecule has 0 aliphatic heterocycles. The van der Waals surface area contributed by atoms with Crippen LogP contribution in [0.15, 0.2) is 0 Å². The van der Waals surface area contributed by atoms with Gasteiger partial charge in [-0.05, 0) is 68.0 Å². The summed E-state index contributed by atoms with van der Waals surface area (Å²) in [5, 5.41) is 6.22. The Bertz CT molecular complexity index is 501. The molecule has 4 heteroatoms.